The lowest BCUT2D eigenvalue weighted by Gasteiger charge is -2.11. The second kappa shape index (κ2) is 7.34. The quantitative estimate of drug-likeness (QED) is 0.874. The SMILES string of the molecule is CN1C(=O)Cc2cc(CCNC(=O)COc3ccc(F)cc3)ccc21. The van der Waals surface area contributed by atoms with E-state index in [2.05, 4.69) is 5.32 Å². The molecule has 1 N–H and O–H groups in total. The number of amides is 2. The number of fused-ring (bicyclic) bond motifs is 1. The predicted molar refractivity (Wildman–Crippen MR) is 92.2 cm³/mol. The Hall–Kier alpha value is -2.89. The molecule has 0 saturated heterocycles. The maximum atomic E-state index is 12.8. The van der Waals surface area contributed by atoms with Crippen LogP contribution in [0.3, 0.4) is 0 Å². The molecule has 5 nitrogen and oxygen atoms in total. The Morgan fingerprint density at radius 2 is 2.00 bits per heavy atom. The fourth-order valence-corrected chi connectivity index (χ4v) is 2.76. The van der Waals surface area contributed by atoms with Crippen LogP contribution < -0.4 is 15.0 Å². The van der Waals surface area contributed by atoms with Gasteiger partial charge >= 0.3 is 0 Å². The monoisotopic (exact) mass is 342 g/mol. The van der Waals surface area contributed by atoms with Crippen molar-refractivity contribution >= 4 is 17.5 Å². The Morgan fingerprint density at radius 3 is 2.76 bits per heavy atom. The molecule has 0 fully saturated rings. The second-order valence-electron chi connectivity index (χ2n) is 5.94. The van der Waals surface area contributed by atoms with Gasteiger partial charge < -0.3 is 15.0 Å². The molecule has 1 aliphatic rings. The third-order valence-corrected chi connectivity index (χ3v) is 4.14. The standard InChI is InChI=1S/C19H19FN2O3/c1-22-17-7-2-13(10-14(17)11-19(22)24)8-9-21-18(23)12-25-16-5-3-15(20)4-6-16/h2-7,10H,8-9,11-12H2,1H3,(H,21,23). The first-order valence-corrected chi connectivity index (χ1v) is 8.06. The lowest BCUT2D eigenvalue weighted by atomic mass is 10.1. The highest BCUT2D eigenvalue weighted by molar-refractivity contribution is 6.00. The van der Waals surface area contributed by atoms with Crippen molar-refractivity contribution in [2.75, 3.05) is 25.1 Å². The lowest BCUT2D eigenvalue weighted by molar-refractivity contribution is -0.123. The summed E-state index contributed by atoms with van der Waals surface area (Å²) in [5, 5.41) is 2.78. The molecule has 0 unspecified atom stereocenters. The first kappa shape index (κ1) is 17.0. The topological polar surface area (TPSA) is 58.6 Å². The molecule has 2 aromatic carbocycles. The van der Waals surface area contributed by atoms with E-state index in [0.29, 0.717) is 25.1 Å². The molecule has 0 aromatic heterocycles. The van der Waals surface area contributed by atoms with Crippen LogP contribution >= 0.6 is 0 Å². The van der Waals surface area contributed by atoms with Crippen molar-refractivity contribution in [2.24, 2.45) is 0 Å². The number of hydrogen-bond acceptors (Lipinski definition) is 3. The van der Waals surface area contributed by atoms with Crippen molar-refractivity contribution < 1.29 is 18.7 Å². The van der Waals surface area contributed by atoms with Gasteiger partial charge in [-0.05, 0) is 47.9 Å². The van der Waals surface area contributed by atoms with Crippen molar-refractivity contribution in [1.82, 2.24) is 5.32 Å². The van der Waals surface area contributed by atoms with Gasteiger partial charge in [-0.15, -0.1) is 0 Å². The first-order chi connectivity index (χ1) is 12.0. The van der Waals surface area contributed by atoms with Crippen molar-refractivity contribution in [3.63, 3.8) is 0 Å². The molecule has 2 aromatic rings. The van der Waals surface area contributed by atoms with E-state index in [0.717, 1.165) is 16.8 Å². The van der Waals surface area contributed by atoms with Crippen molar-refractivity contribution in [3.8, 4) is 5.75 Å². The third-order valence-electron chi connectivity index (χ3n) is 4.14. The van der Waals surface area contributed by atoms with E-state index in [-0.39, 0.29) is 24.2 Å². The molecule has 1 aliphatic heterocycles. The van der Waals surface area contributed by atoms with Gasteiger partial charge in [0.05, 0.1) is 6.42 Å². The number of carbonyl (C=O) groups is 2. The zero-order chi connectivity index (χ0) is 17.8. The number of nitrogens with zero attached hydrogens (tertiary/aromatic N) is 1. The van der Waals surface area contributed by atoms with E-state index in [1.807, 2.05) is 18.2 Å². The Labute approximate surface area is 145 Å². The van der Waals surface area contributed by atoms with Gasteiger partial charge in [0.25, 0.3) is 5.91 Å². The summed E-state index contributed by atoms with van der Waals surface area (Å²) in [5.41, 5.74) is 3.04. The molecule has 0 aliphatic carbocycles. The number of rotatable bonds is 6. The summed E-state index contributed by atoms with van der Waals surface area (Å²) in [6.07, 6.45) is 1.10. The molecular formula is C19H19FN2O3. The van der Waals surface area contributed by atoms with Crippen LogP contribution in [-0.2, 0) is 22.4 Å². The average molecular weight is 342 g/mol. The van der Waals surface area contributed by atoms with Crippen LogP contribution in [0.4, 0.5) is 10.1 Å². The zero-order valence-corrected chi connectivity index (χ0v) is 13.9. The van der Waals surface area contributed by atoms with Gasteiger partial charge in [0.15, 0.2) is 6.61 Å². The minimum atomic E-state index is -0.348. The normalized spacial score (nSPS) is 12.9. The van der Waals surface area contributed by atoms with E-state index in [4.69, 9.17) is 4.74 Å². The minimum Gasteiger partial charge on any atom is -0.484 e. The maximum absolute atomic E-state index is 12.8. The number of ether oxygens (including phenoxy) is 1. The van der Waals surface area contributed by atoms with Crippen molar-refractivity contribution in [1.29, 1.82) is 0 Å². The van der Waals surface area contributed by atoms with Gasteiger partial charge in [-0.3, -0.25) is 9.59 Å². The molecule has 0 bridgehead atoms. The molecule has 2 amide bonds. The molecule has 25 heavy (non-hydrogen) atoms. The van der Waals surface area contributed by atoms with E-state index in [1.54, 1.807) is 11.9 Å². The minimum absolute atomic E-state index is 0.0957. The summed E-state index contributed by atoms with van der Waals surface area (Å²) in [7, 11) is 1.77. The highest BCUT2D eigenvalue weighted by atomic mass is 19.1. The summed E-state index contributed by atoms with van der Waals surface area (Å²) < 4.78 is 18.1. The van der Waals surface area contributed by atoms with E-state index in [1.165, 1.54) is 24.3 Å². The Balaban J connectivity index is 1.44. The van der Waals surface area contributed by atoms with Gasteiger partial charge in [0, 0.05) is 19.3 Å². The van der Waals surface area contributed by atoms with E-state index in [9.17, 15) is 14.0 Å². The Bertz CT molecular complexity index is 790. The number of halogens is 1. The highest BCUT2D eigenvalue weighted by Crippen LogP contribution is 2.28. The number of anilines is 1. The maximum Gasteiger partial charge on any atom is 0.257 e. The predicted octanol–water partition coefficient (Wildman–Crippen LogP) is 2.08. The fourth-order valence-electron chi connectivity index (χ4n) is 2.76. The number of carbonyl (C=O) groups excluding carboxylic acids is 2. The molecule has 0 radical (unpaired) electrons. The van der Waals surface area contributed by atoms with Gasteiger partial charge in [-0.1, -0.05) is 12.1 Å². The first-order valence-electron chi connectivity index (χ1n) is 8.06. The lowest BCUT2D eigenvalue weighted by Crippen LogP contribution is -2.30. The molecule has 0 atom stereocenters. The number of nitrogens with one attached hydrogen (secondary N) is 1. The highest BCUT2D eigenvalue weighted by Gasteiger charge is 2.23. The number of hydrogen-bond donors (Lipinski definition) is 1. The van der Waals surface area contributed by atoms with Crippen LogP contribution in [-0.4, -0.2) is 32.0 Å². The molecule has 3 rings (SSSR count). The average Bonchev–Trinajstić information content (AvgIpc) is 2.88. The van der Waals surface area contributed by atoms with Crippen LogP contribution in [0, 0.1) is 5.82 Å². The number of benzene rings is 2. The largest absolute Gasteiger partial charge is 0.484 e. The third kappa shape index (κ3) is 4.15. The van der Waals surface area contributed by atoms with Gasteiger partial charge in [-0.2, -0.15) is 0 Å². The zero-order valence-electron chi connectivity index (χ0n) is 13.9. The summed E-state index contributed by atoms with van der Waals surface area (Å²) in [5.74, 6) is -0.0400. The molecule has 1 heterocycles. The smallest absolute Gasteiger partial charge is 0.257 e. The fraction of sp³-hybridized carbons (Fsp3) is 0.263. The van der Waals surface area contributed by atoms with Crippen molar-refractivity contribution in [3.05, 3.63) is 59.4 Å². The Morgan fingerprint density at radius 1 is 1.24 bits per heavy atom. The van der Waals surface area contributed by atoms with E-state index >= 15 is 0 Å². The summed E-state index contributed by atoms with van der Waals surface area (Å²) >= 11 is 0. The summed E-state index contributed by atoms with van der Waals surface area (Å²) in [4.78, 5) is 25.1. The van der Waals surface area contributed by atoms with Crippen LogP contribution in [0.5, 0.6) is 5.75 Å². The Kier molecular flexibility index (Phi) is 4.97. The van der Waals surface area contributed by atoms with Crippen molar-refractivity contribution in [2.45, 2.75) is 12.8 Å². The molecule has 0 spiro atoms. The van der Waals surface area contributed by atoms with E-state index < -0.39 is 0 Å². The van der Waals surface area contributed by atoms with Gasteiger partial charge in [0.2, 0.25) is 5.91 Å². The van der Waals surface area contributed by atoms with Crippen LogP contribution in [0.25, 0.3) is 0 Å². The summed E-state index contributed by atoms with van der Waals surface area (Å²) in [6, 6.07) is 11.4. The van der Waals surface area contributed by atoms with Crippen LogP contribution in [0.15, 0.2) is 42.5 Å². The van der Waals surface area contributed by atoms with Crippen LogP contribution in [0.1, 0.15) is 11.1 Å². The van der Waals surface area contributed by atoms with Gasteiger partial charge in [-0.25, -0.2) is 4.39 Å². The number of likely N-dealkylation sites (N-methyl/N-ethyl adjacent to an activating group) is 1. The second-order valence-corrected chi connectivity index (χ2v) is 5.94. The molecule has 6 heteroatoms. The molecular weight excluding hydrogens is 323 g/mol. The molecule has 0 saturated carbocycles. The summed E-state index contributed by atoms with van der Waals surface area (Å²) in [6.45, 7) is 0.364. The van der Waals surface area contributed by atoms with Crippen LogP contribution in [0.2, 0.25) is 0 Å². The van der Waals surface area contributed by atoms with Gasteiger partial charge in [0.1, 0.15) is 11.6 Å². The molecule has 130 valence electrons.